The average Bonchev–Trinajstić information content (AvgIpc) is 2.71. The summed E-state index contributed by atoms with van der Waals surface area (Å²) in [6.45, 7) is -0.941. The Hall–Kier alpha value is -1.61. The summed E-state index contributed by atoms with van der Waals surface area (Å²) >= 11 is 0. The number of aromatic nitrogens is 3. The molecule has 6 nitrogen and oxygen atoms in total. The van der Waals surface area contributed by atoms with Gasteiger partial charge >= 0.3 is 0 Å². The van der Waals surface area contributed by atoms with Crippen molar-refractivity contribution in [1.29, 1.82) is 0 Å². The molecule has 0 unspecified atom stereocenters. The third-order valence-electron chi connectivity index (χ3n) is 1.99. The molecule has 92 valence electrons. The smallest absolute Gasteiger partial charge is 0.258 e. The predicted octanol–water partition coefficient (Wildman–Crippen LogP) is 0.501. The van der Waals surface area contributed by atoms with Crippen molar-refractivity contribution in [3.8, 4) is 0 Å². The SMILES string of the molecule is O=S(=O)(NCC(F)F)c1[nH]nc2ncccc12. The van der Waals surface area contributed by atoms with Gasteiger partial charge in [0.25, 0.3) is 16.4 Å². The Morgan fingerprint density at radius 2 is 2.24 bits per heavy atom. The van der Waals surface area contributed by atoms with Gasteiger partial charge in [-0.2, -0.15) is 5.10 Å². The van der Waals surface area contributed by atoms with Gasteiger partial charge in [-0.15, -0.1) is 0 Å². The van der Waals surface area contributed by atoms with E-state index in [1.54, 1.807) is 4.72 Å². The summed E-state index contributed by atoms with van der Waals surface area (Å²) in [7, 11) is -4.03. The lowest BCUT2D eigenvalue weighted by Gasteiger charge is -2.03. The van der Waals surface area contributed by atoms with E-state index in [1.807, 2.05) is 0 Å². The molecule has 0 atom stereocenters. The van der Waals surface area contributed by atoms with E-state index in [2.05, 4.69) is 15.2 Å². The van der Waals surface area contributed by atoms with Crippen molar-refractivity contribution in [1.82, 2.24) is 19.9 Å². The molecule has 0 radical (unpaired) electrons. The Labute approximate surface area is 95.1 Å². The normalized spacial score (nSPS) is 12.4. The molecule has 9 heteroatoms. The Morgan fingerprint density at radius 1 is 1.47 bits per heavy atom. The topological polar surface area (TPSA) is 87.7 Å². The maximum absolute atomic E-state index is 12.0. The van der Waals surface area contributed by atoms with Gasteiger partial charge in [-0.3, -0.25) is 5.10 Å². The molecule has 2 rings (SSSR count). The molecule has 0 aliphatic heterocycles. The molecule has 0 fully saturated rings. The van der Waals surface area contributed by atoms with Crippen molar-refractivity contribution in [3.63, 3.8) is 0 Å². The minimum atomic E-state index is -4.03. The van der Waals surface area contributed by atoms with Crippen LogP contribution in [0.15, 0.2) is 23.4 Å². The number of nitrogens with zero attached hydrogens (tertiary/aromatic N) is 2. The van der Waals surface area contributed by atoms with Crippen molar-refractivity contribution in [2.75, 3.05) is 6.54 Å². The molecular formula is C8H8F2N4O2S. The Bertz CT molecular complexity index is 625. The van der Waals surface area contributed by atoms with Gasteiger partial charge in [0.1, 0.15) is 0 Å². The van der Waals surface area contributed by atoms with Crippen LogP contribution in [0.2, 0.25) is 0 Å². The van der Waals surface area contributed by atoms with Crippen molar-refractivity contribution in [2.24, 2.45) is 0 Å². The minimum Gasteiger partial charge on any atom is -0.263 e. The summed E-state index contributed by atoms with van der Waals surface area (Å²) in [6.07, 6.45) is -1.30. The van der Waals surface area contributed by atoms with E-state index in [1.165, 1.54) is 18.3 Å². The number of hydrogen-bond acceptors (Lipinski definition) is 4. The highest BCUT2D eigenvalue weighted by atomic mass is 32.2. The van der Waals surface area contributed by atoms with Gasteiger partial charge in [0.2, 0.25) is 0 Å². The molecule has 0 aliphatic rings. The van der Waals surface area contributed by atoms with E-state index in [-0.39, 0.29) is 16.1 Å². The van der Waals surface area contributed by atoms with Gasteiger partial charge in [-0.1, -0.05) is 0 Å². The summed E-state index contributed by atoms with van der Waals surface area (Å²) in [6, 6.07) is 3.02. The first-order valence-corrected chi connectivity index (χ1v) is 6.06. The lowest BCUT2D eigenvalue weighted by Crippen LogP contribution is -2.29. The van der Waals surface area contributed by atoms with Crippen molar-refractivity contribution in [3.05, 3.63) is 18.3 Å². The quantitative estimate of drug-likeness (QED) is 0.840. The number of halogens is 2. The first-order chi connectivity index (χ1) is 8.00. The second-order valence-corrected chi connectivity index (χ2v) is 4.87. The highest BCUT2D eigenvalue weighted by Gasteiger charge is 2.21. The minimum absolute atomic E-state index is 0.213. The van der Waals surface area contributed by atoms with Crippen molar-refractivity contribution in [2.45, 2.75) is 11.5 Å². The van der Waals surface area contributed by atoms with Crippen LogP contribution in [0.1, 0.15) is 0 Å². The number of nitrogens with one attached hydrogen (secondary N) is 2. The molecule has 0 saturated heterocycles. The second kappa shape index (κ2) is 4.34. The fourth-order valence-electron chi connectivity index (χ4n) is 1.28. The molecule has 0 amide bonds. The number of aromatic amines is 1. The maximum Gasteiger partial charge on any atom is 0.258 e. The lowest BCUT2D eigenvalue weighted by molar-refractivity contribution is 0.153. The first-order valence-electron chi connectivity index (χ1n) is 4.57. The molecule has 17 heavy (non-hydrogen) atoms. The molecule has 0 bridgehead atoms. The van der Waals surface area contributed by atoms with Crippen LogP contribution in [0.3, 0.4) is 0 Å². The predicted molar refractivity (Wildman–Crippen MR) is 55.1 cm³/mol. The maximum atomic E-state index is 12.0. The van der Waals surface area contributed by atoms with Crippen molar-refractivity contribution >= 4 is 21.1 Å². The van der Waals surface area contributed by atoms with Crippen LogP contribution in [-0.4, -0.2) is 36.6 Å². The zero-order chi connectivity index (χ0) is 12.5. The van der Waals surface area contributed by atoms with Crippen molar-refractivity contribution < 1.29 is 17.2 Å². The lowest BCUT2D eigenvalue weighted by atomic mass is 10.4. The second-order valence-electron chi connectivity index (χ2n) is 3.17. The van der Waals surface area contributed by atoms with Crippen LogP contribution in [-0.2, 0) is 10.0 Å². The highest BCUT2D eigenvalue weighted by Crippen LogP contribution is 2.17. The summed E-state index contributed by atoms with van der Waals surface area (Å²) in [5, 5.41) is 5.93. The van der Waals surface area contributed by atoms with E-state index in [0.29, 0.717) is 0 Å². The largest absolute Gasteiger partial charge is 0.263 e. The Balaban J connectivity index is 2.39. The van der Waals surface area contributed by atoms with Gasteiger partial charge < -0.3 is 0 Å². The zero-order valence-electron chi connectivity index (χ0n) is 8.39. The fourth-order valence-corrected chi connectivity index (χ4v) is 2.38. The summed E-state index contributed by atoms with van der Waals surface area (Å²) in [5.74, 6) is 0. The first kappa shape index (κ1) is 11.9. The number of sulfonamides is 1. The van der Waals surface area contributed by atoms with Crippen LogP contribution in [0.4, 0.5) is 8.78 Å². The van der Waals surface area contributed by atoms with Crippen LogP contribution >= 0.6 is 0 Å². The van der Waals surface area contributed by atoms with E-state index in [9.17, 15) is 17.2 Å². The molecule has 0 spiro atoms. The van der Waals surface area contributed by atoms with E-state index >= 15 is 0 Å². The Kier molecular flexibility index (Phi) is 3.03. The molecule has 0 saturated carbocycles. The van der Waals surface area contributed by atoms with Crippen LogP contribution < -0.4 is 4.72 Å². The van der Waals surface area contributed by atoms with E-state index < -0.39 is 23.0 Å². The number of rotatable bonds is 4. The molecule has 2 aromatic heterocycles. The fraction of sp³-hybridized carbons (Fsp3) is 0.250. The summed E-state index contributed by atoms with van der Waals surface area (Å²) in [5.41, 5.74) is 0.213. The summed E-state index contributed by atoms with van der Waals surface area (Å²) in [4.78, 5) is 3.83. The number of H-pyrrole nitrogens is 1. The Morgan fingerprint density at radius 3 is 2.94 bits per heavy atom. The monoisotopic (exact) mass is 262 g/mol. The number of alkyl halides is 2. The van der Waals surface area contributed by atoms with E-state index in [4.69, 9.17) is 0 Å². The van der Waals surface area contributed by atoms with E-state index in [0.717, 1.165) is 0 Å². The highest BCUT2D eigenvalue weighted by molar-refractivity contribution is 7.89. The molecule has 2 heterocycles. The molecule has 0 aromatic carbocycles. The van der Waals surface area contributed by atoms with Gasteiger partial charge in [-0.05, 0) is 12.1 Å². The third kappa shape index (κ3) is 2.39. The number of pyridine rings is 1. The average molecular weight is 262 g/mol. The van der Waals surface area contributed by atoms with Gasteiger partial charge in [-0.25, -0.2) is 26.9 Å². The van der Waals surface area contributed by atoms with Gasteiger partial charge in [0.05, 0.1) is 11.9 Å². The molecule has 0 aliphatic carbocycles. The molecule has 2 aromatic rings. The standard InChI is InChI=1S/C8H8F2N4O2S/c9-6(10)4-12-17(15,16)8-5-2-1-3-11-7(5)13-14-8/h1-3,6,12H,4H2,(H,11,13,14). The molecule has 2 N–H and O–H groups in total. The number of hydrogen-bond donors (Lipinski definition) is 2. The van der Waals surface area contributed by atoms with Gasteiger partial charge in [0.15, 0.2) is 10.7 Å². The van der Waals surface area contributed by atoms with Crippen LogP contribution in [0, 0.1) is 0 Å². The summed E-state index contributed by atoms with van der Waals surface area (Å²) < 4.78 is 49.0. The van der Waals surface area contributed by atoms with Gasteiger partial charge in [0, 0.05) is 6.20 Å². The number of fused-ring (bicyclic) bond motifs is 1. The molecular weight excluding hydrogens is 254 g/mol. The zero-order valence-corrected chi connectivity index (χ0v) is 9.21. The third-order valence-corrected chi connectivity index (χ3v) is 3.39. The van der Waals surface area contributed by atoms with Crippen LogP contribution in [0.25, 0.3) is 11.0 Å². The van der Waals surface area contributed by atoms with Crippen LogP contribution in [0.5, 0.6) is 0 Å².